The van der Waals surface area contributed by atoms with Gasteiger partial charge in [0.25, 0.3) is 0 Å². The maximum atomic E-state index is 5.33. The molecular formula is C70H54N4. The van der Waals surface area contributed by atoms with Crippen LogP contribution in [0.3, 0.4) is 0 Å². The molecule has 0 spiro atoms. The minimum atomic E-state index is 0.689. The quantitative estimate of drug-likeness (QED) is 0.152. The van der Waals surface area contributed by atoms with Gasteiger partial charge in [-0.05, 0) is 158 Å². The van der Waals surface area contributed by atoms with Gasteiger partial charge >= 0.3 is 0 Å². The van der Waals surface area contributed by atoms with Gasteiger partial charge in [-0.25, -0.2) is 9.97 Å². The van der Waals surface area contributed by atoms with Crippen LogP contribution in [0.2, 0.25) is 0 Å². The highest BCUT2D eigenvalue weighted by molar-refractivity contribution is 6.12. The third-order valence-electron chi connectivity index (χ3n) is 15.1. The summed E-state index contributed by atoms with van der Waals surface area (Å²) >= 11 is 0. The standard InChI is InChI=1S/C70H54N4/c1-43-34-45(3)68(46(4)35-43)53-29-32-66-59(40-53)56-24-13-15-26-63(56)73(66)55-23-17-22-51(38-55)58-39-52(62-42-61(49-18-9-7-10-19-49)71-70(72-62)50-20-11-8-12-21-50)28-31-65(58)74-64-27-16-14-25-57(64)60-41-54(30-33-67(60)74)69-47(5)36-44(2)37-48(69)6/h7-42H,1-6H3. The lowest BCUT2D eigenvalue weighted by molar-refractivity contribution is 1.16. The van der Waals surface area contributed by atoms with E-state index < -0.39 is 0 Å². The van der Waals surface area contributed by atoms with Crippen molar-refractivity contribution in [2.24, 2.45) is 0 Å². The lowest BCUT2D eigenvalue weighted by Gasteiger charge is -2.18. The third kappa shape index (κ3) is 7.61. The van der Waals surface area contributed by atoms with Crippen molar-refractivity contribution in [3.8, 4) is 78.7 Å². The zero-order chi connectivity index (χ0) is 50.2. The van der Waals surface area contributed by atoms with E-state index in [0.29, 0.717) is 5.82 Å². The number of benzene rings is 10. The summed E-state index contributed by atoms with van der Waals surface area (Å²) in [6.45, 7) is 13.3. The molecule has 13 rings (SSSR count). The summed E-state index contributed by atoms with van der Waals surface area (Å²) in [6.07, 6.45) is 0. The Kier molecular flexibility index (Phi) is 10.8. The van der Waals surface area contributed by atoms with E-state index >= 15 is 0 Å². The van der Waals surface area contributed by atoms with Crippen LogP contribution in [0.1, 0.15) is 33.4 Å². The highest BCUT2D eigenvalue weighted by Gasteiger charge is 2.21. The van der Waals surface area contributed by atoms with Crippen molar-refractivity contribution in [3.05, 3.63) is 252 Å². The molecule has 0 fully saturated rings. The molecule has 0 saturated carbocycles. The lowest BCUT2D eigenvalue weighted by Crippen LogP contribution is -2.00. The number of fused-ring (bicyclic) bond motifs is 6. The smallest absolute Gasteiger partial charge is 0.160 e. The fourth-order valence-electron chi connectivity index (χ4n) is 12.1. The van der Waals surface area contributed by atoms with E-state index in [4.69, 9.17) is 9.97 Å². The van der Waals surface area contributed by atoms with Crippen LogP contribution in [0, 0.1) is 41.5 Å². The summed E-state index contributed by atoms with van der Waals surface area (Å²) in [4.78, 5) is 10.5. The van der Waals surface area contributed by atoms with Crippen molar-refractivity contribution in [2.75, 3.05) is 0 Å². The Morgan fingerprint density at radius 3 is 1.34 bits per heavy atom. The average Bonchev–Trinajstić information content (AvgIpc) is 3.93. The van der Waals surface area contributed by atoms with Gasteiger partial charge in [-0.2, -0.15) is 0 Å². The van der Waals surface area contributed by atoms with Crippen molar-refractivity contribution >= 4 is 43.6 Å². The number of rotatable bonds is 8. The highest BCUT2D eigenvalue weighted by atomic mass is 15.0. The molecule has 0 aliphatic carbocycles. The highest BCUT2D eigenvalue weighted by Crippen LogP contribution is 2.43. The van der Waals surface area contributed by atoms with Gasteiger partial charge in [0.05, 0.1) is 39.1 Å². The third-order valence-corrected chi connectivity index (χ3v) is 15.1. The second-order valence-electron chi connectivity index (χ2n) is 20.2. The minimum absolute atomic E-state index is 0.689. The van der Waals surface area contributed by atoms with Gasteiger partial charge in [0.2, 0.25) is 0 Å². The monoisotopic (exact) mass is 950 g/mol. The molecule has 0 radical (unpaired) electrons. The first-order chi connectivity index (χ1) is 36.1. The summed E-state index contributed by atoms with van der Waals surface area (Å²) in [5, 5.41) is 4.90. The number of aryl methyl sites for hydroxylation is 6. The average molecular weight is 951 g/mol. The molecule has 0 aliphatic rings. The molecule has 3 aromatic heterocycles. The summed E-state index contributed by atoms with van der Waals surface area (Å²) in [7, 11) is 0. The minimum Gasteiger partial charge on any atom is -0.309 e. The molecule has 354 valence electrons. The zero-order valence-corrected chi connectivity index (χ0v) is 42.6. The van der Waals surface area contributed by atoms with E-state index in [1.165, 1.54) is 88.2 Å². The molecule has 3 heterocycles. The molecule has 0 aliphatic heterocycles. The maximum absolute atomic E-state index is 5.33. The Balaban J connectivity index is 1.05. The first-order valence-corrected chi connectivity index (χ1v) is 25.6. The van der Waals surface area contributed by atoms with Gasteiger partial charge in [-0.15, -0.1) is 0 Å². The number of hydrogen-bond donors (Lipinski definition) is 0. The van der Waals surface area contributed by atoms with Crippen molar-refractivity contribution < 1.29 is 0 Å². The van der Waals surface area contributed by atoms with Crippen LogP contribution in [0.15, 0.2) is 218 Å². The molecule has 0 bridgehead atoms. The lowest BCUT2D eigenvalue weighted by atomic mass is 9.93. The number of para-hydroxylation sites is 2. The number of hydrogen-bond acceptors (Lipinski definition) is 2. The Morgan fingerprint density at radius 1 is 0.297 bits per heavy atom. The number of nitrogens with zero attached hydrogens (tertiary/aromatic N) is 4. The maximum Gasteiger partial charge on any atom is 0.160 e. The number of aromatic nitrogens is 4. The van der Waals surface area contributed by atoms with Crippen LogP contribution in [-0.2, 0) is 0 Å². The zero-order valence-electron chi connectivity index (χ0n) is 42.6. The van der Waals surface area contributed by atoms with Crippen LogP contribution in [0.25, 0.3) is 122 Å². The summed E-state index contributed by atoms with van der Waals surface area (Å²) in [5.74, 6) is 0.689. The normalized spacial score (nSPS) is 11.6. The van der Waals surface area contributed by atoms with Gasteiger partial charge in [-0.3, -0.25) is 0 Å². The fraction of sp³-hybridized carbons (Fsp3) is 0.0857. The Labute approximate surface area is 432 Å². The summed E-state index contributed by atoms with van der Waals surface area (Å²) in [6, 6.07) is 79.8. The van der Waals surface area contributed by atoms with Crippen molar-refractivity contribution in [1.29, 1.82) is 0 Å². The topological polar surface area (TPSA) is 35.6 Å². The van der Waals surface area contributed by atoms with E-state index in [1.807, 2.05) is 24.3 Å². The van der Waals surface area contributed by atoms with E-state index in [2.05, 4.69) is 245 Å². The first-order valence-electron chi connectivity index (χ1n) is 25.6. The van der Waals surface area contributed by atoms with Crippen molar-refractivity contribution in [1.82, 2.24) is 19.1 Å². The molecule has 13 aromatic rings. The van der Waals surface area contributed by atoms with Gasteiger partial charge in [0.1, 0.15) is 0 Å². The fourth-order valence-corrected chi connectivity index (χ4v) is 12.1. The molecule has 4 heteroatoms. The van der Waals surface area contributed by atoms with Crippen molar-refractivity contribution in [2.45, 2.75) is 41.5 Å². The predicted molar refractivity (Wildman–Crippen MR) is 312 cm³/mol. The SMILES string of the molecule is Cc1cc(C)c(-c2ccc3c(c2)c2ccccc2n3-c2cccc(-c3cc(-c4cc(-c5ccccc5)nc(-c5ccccc5)n4)ccc3-n3c4ccccc4c4cc(-c5c(C)cc(C)cc5C)ccc43)c2)c(C)c1. The Hall–Kier alpha value is -9.12. The molecule has 0 atom stereocenters. The van der Waals surface area contributed by atoms with Crippen LogP contribution >= 0.6 is 0 Å². The van der Waals surface area contributed by atoms with Gasteiger partial charge < -0.3 is 9.13 Å². The van der Waals surface area contributed by atoms with E-state index in [9.17, 15) is 0 Å². The van der Waals surface area contributed by atoms with Crippen LogP contribution in [-0.4, -0.2) is 19.1 Å². The van der Waals surface area contributed by atoms with E-state index in [-0.39, 0.29) is 0 Å². The molecule has 0 N–H and O–H groups in total. The second kappa shape index (κ2) is 17.9. The molecule has 0 saturated heterocycles. The first kappa shape index (κ1) is 44.8. The molecule has 0 unspecified atom stereocenters. The van der Waals surface area contributed by atoms with Crippen LogP contribution in [0.4, 0.5) is 0 Å². The summed E-state index contributed by atoms with van der Waals surface area (Å²) in [5.41, 5.74) is 26.6. The molecule has 0 amide bonds. The molecule has 10 aromatic carbocycles. The molecule has 74 heavy (non-hydrogen) atoms. The van der Waals surface area contributed by atoms with Crippen LogP contribution < -0.4 is 0 Å². The van der Waals surface area contributed by atoms with Crippen molar-refractivity contribution in [3.63, 3.8) is 0 Å². The van der Waals surface area contributed by atoms with Gasteiger partial charge in [-0.1, -0.05) is 163 Å². The second-order valence-corrected chi connectivity index (χ2v) is 20.2. The van der Waals surface area contributed by atoms with Crippen LogP contribution in [0.5, 0.6) is 0 Å². The van der Waals surface area contributed by atoms with E-state index in [0.717, 1.165) is 61.6 Å². The van der Waals surface area contributed by atoms with Gasteiger partial charge in [0.15, 0.2) is 5.82 Å². The largest absolute Gasteiger partial charge is 0.309 e. The predicted octanol–water partition coefficient (Wildman–Crippen LogP) is 18.5. The van der Waals surface area contributed by atoms with E-state index in [1.54, 1.807) is 0 Å². The Bertz CT molecular complexity index is 4260. The molecular weight excluding hydrogens is 897 g/mol. The molecule has 4 nitrogen and oxygen atoms in total. The Morgan fingerprint density at radius 2 is 0.757 bits per heavy atom. The summed E-state index contributed by atoms with van der Waals surface area (Å²) < 4.78 is 4.91. The van der Waals surface area contributed by atoms with Gasteiger partial charge in [0, 0.05) is 49.5 Å².